The third-order valence-electron chi connectivity index (χ3n) is 3.59. The molecule has 0 spiro atoms. The summed E-state index contributed by atoms with van der Waals surface area (Å²) >= 11 is 0. The molecule has 0 aliphatic carbocycles. The lowest BCUT2D eigenvalue weighted by atomic mass is 10.1. The van der Waals surface area contributed by atoms with Crippen LogP contribution in [0.5, 0.6) is 0 Å². The van der Waals surface area contributed by atoms with Gasteiger partial charge in [-0.05, 0) is 35.9 Å². The van der Waals surface area contributed by atoms with Gasteiger partial charge in [0.15, 0.2) is 0 Å². The fourth-order valence-corrected chi connectivity index (χ4v) is 2.28. The van der Waals surface area contributed by atoms with E-state index in [0.29, 0.717) is 17.9 Å². The summed E-state index contributed by atoms with van der Waals surface area (Å²) in [7, 11) is 0. The number of benzene rings is 2. The van der Waals surface area contributed by atoms with Crippen molar-refractivity contribution in [3.8, 4) is 11.3 Å². The molecule has 2 N–H and O–H groups in total. The maximum absolute atomic E-state index is 13.0. The Balaban J connectivity index is 1.55. The van der Waals surface area contributed by atoms with Gasteiger partial charge in [-0.1, -0.05) is 30.3 Å². The van der Waals surface area contributed by atoms with Crippen LogP contribution in [0.4, 0.5) is 9.18 Å². The molecule has 0 radical (unpaired) electrons. The number of carbonyl (C=O) groups is 1. The van der Waals surface area contributed by atoms with E-state index in [1.807, 2.05) is 30.3 Å². The molecular formula is C19H17FN4O. The zero-order valence-corrected chi connectivity index (χ0v) is 13.4. The molecule has 2 amide bonds. The summed E-state index contributed by atoms with van der Waals surface area (Å²) < 4.78 is 13.0. The highest BCUT2D eigenvalue weighted by molar-refractivity contribution is 5.73. The van der Waals surface area contributed by atoms with Crippen molar-refractivity contribution in [3.63, 3.8) is 0 Å². The predicted molar refractivity (Wildman–Crippen MR) is 92.9 cm³/mol. The first kappa shape index (κ1) is 16.6. The highest BCUT2D eigenvalue weighted by atomic mass is 19.1. The van der Waals surface area contributed by atoms with Crippen molar-refractivity contribution in [2.45, 2.75) is 13.1 Å². The first-order valence-corrected chi connectivity index (χ1v) is 7.83. The summed E-state index contributed by atoms with van der Waals surface area (Å²) in [5, 5.41) is 5.54. The summed E-state index contributed by atoms with van der Waals surface area (Å²) in [6.45, 7) is 0.731. The van der Waals surface area contributed by atoms with Crippen LogP contribution in [0.15, 0.2) is 67.0 Å². The third-order valence-corrected chi connectivity index (χ3v) is 3.59. The lowest BCUT2D eigenvalue weighted by Gasteiger charge is -2.08. The lowest BCUT2D eigenvalue weighted by Crippen LogP contribution is -2.34. The molecule has 1 heterocycles. The van der Waals surface area contributed by atoms with E-state index in [9.17, 15) is 9.18 Å². The van der Waals surface area contributed by atoms with E-state index in [2.05, 4.69) is 20.6 Å². The van der Waals surface area contributed by atoms with Crippen LogP contribution in [0, 0.1) is 5.82 Å². The summed E-state index contributed by atoms with van der Waals surface area (Å²) in [5.41, 5.74) is 3.16. The average molecular weight is 336 g/mol. The normalized spacial score (nSPS) is 10.3. The minimum absolute atomic E-state index is 0.272. The second-order valence-electron chi connectivity index (χ2n) is 5.42. The Kier molecular flexibility index (Phi) is 5.31. The molecule has 6 heteroatoms. The molecule has 126 valence electrons. The molecule has 3 aromatic rings. The molecule has 0 saturated heterocycles. The Morgan fingerprint density at radius 2 is 1.64 bits per heavy atom. The van der Waals surface area contributed by atoms with E-state index in [4.69, 9.17) is 0 Å². The monoisotopic (exact) mass is 336 g/mol. The standard InChI is InChI=1S/C19H17FN4O/c20-16-8-6-15(7-9-16)18-10-17(23-13-24-18)12-22-19(25)21-11-14-4-2-1-3-5-14/h1-10,13H,11-12H2,(H2,21,22,25). The van der Waals surface area contributed by atoms with Crippen molar-refractivity contribution in [2.24, 2.45) is 0 Å². The number of nitrogens with one attached hydrogen (secondary N) is 2. The molecule has 0 saturated carbocycles. The Hall–Kier alpha value is -3.28. The fourth-order valence-electron chi connectivity index (χ4n) is 2.28. The van der Waals surface area contributed by atoms with E-state index in [1.165, 1.54) is 18.5 Å². The topological polar surface area (TPSA) is 66.9 Å². The van der Waals surface area contributed by atoms with Crippen LogP contribution in [0.1, 0.15) is 11.3 Å². The van der Waals surface area contributed by atoms with Crippen LogP contribution in [-0.2, 0) is 13.1 Å². The Morgan fingerprint density at radius 1 is 0.920 bits per heavy atom. The number of halogens is 1. The van der Waals surface area contributed by atoms with Gasteiger partial charge in [-0.2, -0.15) is 0 Å². The first-order valence-electron chi connectivity index (χ1n) is 7.83. The van der Waals surface area contributed by atoms with E-state index in [-0.39, 0.29) is 18.4 Å². The number of hydrogen-bond acceptors (Lipinski definition) is 3. The number of urea groups is 1. The van der Waals surface area contributed by atoms with Gasteiger partial charge in [0.25, 0.3) is 0 Å². The minimum atomic E-state index is -0.296. The van der Waals surface area contributed by atoms with Gasteiger partial charge in [0.05, 0.1) is 17.9 Å². The molecular weight excluding hydrogens is 319 g/mol. The number of hydrogen-bond donors (Lipinski definition) is 2. The molecule has 0 unspecified atom stereocenters. The average Bonchev–Trinajstić information content (AvgIpc) is 2.66. The Labute approximate surface area is 145 Å². The van der Waals surface area contributed by atoms with Gasteiger partial charge < -0.3 is 10.6 Å². The highest BCUT2D eigenvalue weighted by Crippen LogP contribution is 2.17. The number of rotatable bonds is 5. The molecule has 0 aliphatic heterocycles. The zero-order chi connectivity index (χ0) is 17.5. The van der Waals surface area contributed by atoms with Gasteiger partial charge in [0.1, 0.15) is 12.1 Å². The number of nitrogens with zero attached hydrogens (tertiary/aromatic N) is 2. The van der Waals surface area contributed by atoms with E-state index >= 15 is 0 Å². The van der Waals surface area contributed by atoms with Crippen LogP contribution < -0.4 is 10.6 Å². The van der Waals surface area contributed by atoms with Crippen LogP contribution in [0.25, 0.3) is 11.3 Å². The van der Waals surface area contributed by atoms with Gasteiger partial charge in [-0.3, -0.25) is 0 Å². The van der Waals surface area contributed by atoms with Crippen molar-refractivity contribution in [1.29, 1.82) is 0 Å². The maximum atomic E-state index is 13.0. The third kappa shape index (κ3) is 4.84. The van der Waals surface area contributed by atoms with Crippen LogP contribution in [0.3, 0.4) is 0 Å². The maximum Gasteiger partial charge on any atom is 0.315 e. The van der Waals surface area contributed by atoms with Gasteiger partial charge >= 0.3 is 6.03 Å². The summed E-state index contributed by atoms with van der Waals surface area (Å²) in [6.07, 6.45) is 1.43. The van der Waals surface area contributed by atoms with Gasteiger partial charge in [-0.15, -0.1) is 0 Å². The molecule has 1 aromatic heterocycles. The van der Waals surface area contributed by atoms with E-state index in [1.54, 1.807) is 18.2 Å². The van der Waals surface area contributed by atoms with E-state index < -0.39 is 0 Å². The molecule has 2 aromatic carbocycles. The first-order chi connectivity index (χ1) is 12.2. The SMILES string of the molecule is O=C(NCc1ccccc1)NCc1cc(-c2ccc(F)cc2)ncn1. The fraction of sp³-hybridized carbons (Fsp3) is 0.105. The van der Waals surface area contributed by atoms with Crippen LogP contribution in [-0.4, -0.2) is 16.0 Å². The smallest absolute Gasteiger partial charge is 0.315 e. The molecule has 3 rings (SSSR count). The summed E-state index contributed by atoms with van der Waals surface area (Å²) in [6, 6.07) is 17.2. The summed E-state index contributed by atoms with van der Waals surface area (Å²) in [5.74, 6) is -0.296. The molecule has 0 bridgehead atoms. The molecule has 0 atom stereocenters. The van der Waals surface area contributed by atoms with Crippen molar-refractivity contribution < 1.29 is 9.18 Å². The predicted octanol–water partition coefficient (Wildman–Crippen LogP) is 3.28. The molecule has 25 heavy (non-hydrogen) atoms. The van der Waals surface area contributed by atoms with Crippen molar-refractivity contribution in [2.75, 3.05) is 0 Å². The summed E-state index contributed by atoms with van der Waals surface area (Å²) in [4.78, 5) is 20.2. The molecule has 5 nitrogen and oxygen atoms in total. The van der Waals surface area contributed by atoms with Crippen LogP contribution in [0.2, 0.25) is 0 Å². The van der Waals surface area contributed by atoms with Gasteiger partial charge in [-0.25, -0.2) is 19.2 Å². The lowest BCUT2D eigenvalue weighted by molar-refractivity contribution is 0.240. The van der Waals surface area contributed by atoms with Gasteiger partial charge in [0, 0.05) is 12.1 Å². The number of carbonyl (C=O) groups excluding carboxylic acids is 1. The van der Waals surface area contributed by atoms with Gasteiger partial charge in [0.2, 0.25) is 0 Å². The number of amides is 2. The highest BCUT2D eigenvalue weighted by Gasteiger charge is 2.05. The number of aromatic nitrogens is 2. The zero-order valence-electron chi connectivity index (χ0n) is 13.4. The van der Waals surface area contributed by atoms with Crippen molar-refractivity contribution >= 4 is 6.03 Å². The Morgan fingerprint density at radius 3 is 2.40 bits per heavy atom. The van der Waals surface area contributed by atoms with Crippen molar-refractivity contribution in [1.82, 2.24) is 20.6 Å². The van der Waals surface area contributed by atoms with E-state index in [0.717, 1.165) is 11.1 Å². The largest absolute Gasteiger partial charge is 0.334 e. The Bertz CT molecular complexity index is 838. The molecule has 0 fully saturated rings. The molecule has 0 aliphatic rings. The van der Waals surface area contributed by atoms with Crippen molar-refractivity contribution in [3.05, 3.63) is 84.1 Å². The quantitative estimate of drug-likeness (QED) is 0.751. The minimum Gasteiger partial charge on any atom is -0.334 e. The second-order valence-corrected chi connectivity index (χ2v) is 5.42. The van der Waals surface area contributed by atoms with Crippen LogP contribution >= 0.6 is 0 Å². The second kappa shape index (κ2) is 8.01.